The maximum atomic E-state index is 13.7. The van der Waals surface area contributed by atoms with Crippen LogP contribution in [0.1, 0.15) is 37.8 Å². The molecule has 1 aliphatic rings. The molecule has 0 spiro atoms. The van der Waals surface area contributed by atoms with E-state index >= 15 is 0 Å². The highest BCUT2D eigenvalue weighted by Gasteiger charge is 2.18. The summed E-state index contributed by atoms with van der Waals surface area (Å²) in [6.45, 7) is 10.4. The Balaban J connectivity index is 1.99. The van der Waals surface area contributed by atoms with Crippen LogP contribution in [0.5, 0.6) is 0 Å². The second-order valence-corrected chi connectivity index (χ2v) is 6.46. The van der Waals surface area contributed by atoms with Gasteiger partial charge < -0.3 is 5.32 Å². The third-order valence-electron chi connectivity index (χ3n) is 3.91. The van der Waals surface area contributed by atoms with Gasteiger partial charge in [0.25, 0.3) is 0 Å². The quantitative estimate of drug-likeness (QED) is 0.858. The molecule has 2 nitrogen and oxygen atoms in total. The van der Waals surface area contributed by atoms with E-state index < -0.39 is 0 Å². The smallest absolute Gasteiger partial charge is 0.126 e. The molecule has 1 fully saturated rings. The Morgan fingerprint density at radius 3 is 2.80 bits per heavy atom. The normalized spacial score (nSPS) is 19.2. The number of rotatable bonds is 6. The van der Waals surface area contributed by atoms with Crippen molar-refractivity contribution >= 4 is 0 Å². The number of aryl methyl sites for hydroxylation is 1. The summed E-state index contributed by atoms with van der Waals surface area (Å²) < 4.78 is 13.7. The molecule has 1 aromatic rings. The molecule has 1 unspecified atom stereocenters. The van der Waals surface area contributed by atoms with Crippen molar-refractivity contribution in [2.45, 2.75) is 46.2 Å². The molecule has 0 bridgehead atoms. The summed E-state index contributed by atoms with van der Waals surface area (Å²) in [5.74, 6) is 0.540. The van der Waals surface area contributed by atoms with Gasteiger partial charge in [-0.05, 0) is 49.4 Å². The third kappa shape index (κ3) is 4.57. The lowest BCUT2D eigenvalue weighted by Gasteiger charge is -2.27. The summed E-state index contributed by atoms with van der Waals surface area (Å²) in [7, 11) is 0. The van der Waals surface area contributed by atoms with Crippen molar-refractivity contribution < 1.29 is 4.39 Å². The summed E-state index contributed by atoms with van der Waals surface area (Å²) in [5, 5.41) is 3.55. The van der Waals surface area contributed by atoms with E-state index in [-0.39, 0.29) is 5.82 Å². The number of hydrogen-bond donors (Lipinski definition) is 1. The monoisotopic (exact) mass is 278 g/mol. The van der Waals surface area contributed by atoms with Crippen LogP contribution in [-0.4, -0.2) is 30.6 Å². The summed E-state index contributed by atoms with van der Waals surface area (Å²) >= 11 is 0. The number of nitrogens with one attached hydrogen (secondary N) is 1. The maximum absolute atomic E-state index is 13.7. The van der Waals surface area contributed by atoms with E-state index in [0.29, 0.717) is 12.0 Å². The summed E-state index contributed by atoms with van der Waals surface area (Å²) in [6.07, 6.45) is 2.54. The van der Waals surface area contributed by atoms with Crippen molar-refractivity contribution in [1.82, 2.24) is 10.2 Å². The average Bonchev–Trinajstić information content (AvgIpc) is 2.86. The van der Waals surface area contributed by atoms with Crippen LogP contribution in [0.3, 0.4) is 0 Å². The lowest BCUT2D eigenvalue weighted by Crippen LogP contribution is -2.39. The first-order chi connectivity index (χ1) is 9.54. The van der Waals surface area contributed by atoms with E-state index in [2.05, 4.69) is 24.1 Å². The Hall–Kier alpha value is -0.930. The highest BCUT2D eigenvalue weighted by atomic mass is 19.1. The average molecular weight is 278 g/mol. The Kier molecular flexibility index (Phi) is 5.55. The maximum Gasteiger partial charge on any atom is 0.126 e. The molecule has 1 heterocycles. The minimum absolute atomic E-state index is 0.0917. The summed E-state index contributed by atoms with van der Waals surface area (Å²) in [5.41, 5.74) is 1.80. The first kappa shape index (κ1) is 15.5. The van der Waals surface area contributed by atoms with E-state index in [9.17, 15) is 4.39 Å². The minimum atomic E-state index is -0.0917. The number of benzene rings is 1. The molecule has 1 aliphatic heterocycles. The van der Waals surface area contributed by atoms with Crippen LogP contribution in [0.4, 0.5) is 4.39 Å². The Bertz CT molecular complexity index is 425. The van der Waals surface area contributed by atoms with Crippen LogP contribution in [0.15, 0.2) is 18.2 Å². The van der Waals surface area contributed by atoms with Crippen molar-refractivity contribution in [2.75, 3.05) is 19.6 Å². The van der Waals surface area contributed by atoms with Gasteiger partial charge in [-0.3, -0.25) is 4.90 Å². The SMILES string of the molecule is Cc1ccc(CN(CC(C)C)CC2CCCN2)cc1F. The van der Waals surface area contributed by atoms with E-state index in [1.807, 2.05) is 19.1 Å². The van der Waals surface area contributed by atoms with Gasteiger partial charge in [-0.15, -0.1) is 0 Å². The standard InChI is InChI=1S/C17H27FN2/c1-13(2)10-20(12-16-5-4-8-19-16)11-15-7-6-14(3)17(18)9-15/h6-7,9,13,16,19H,4-5,8,10-12H2,1-3H3. The molecule has 1 saturated heterocycles. The van der Waals surface area contributed by atoms with Gasteiger partial charge in [-0.25, -0.2) is 4.39 Å². The molecule has 1 N–H and O–H groups in total. The van der Waals surface area contributed by atoms with E-state index in [1.165, 1.54) is 12.8 Å². The van der Waals surface area contributed by atoms with Crippen LogP contribution in [0, 0.1) is 18.7 Å². The summed E-state index contributed by atoms with van der Waals surface area (Å²) in [6, 6.07) is 6.22. The lowest BCUT2D eigenvalue weighted by atomic mass is 10.1. The van der Waals surface area contributed by atoms with Gasteiger partial charge in [0.15, 0.2) is 0 Å². The topological polar surface area (TPSA) is 15.3 Å². The number of hydrogen-bond acceptors (Lipinski definition) is 2. The molecule has 0 aromatic heterocycles. The molecule has 1 atom stereocenters. The molecular formula is C17H27FN2. The second-order valence-electron chi connectivity index (χ2n) is 6.46. The second kappa shape index (κ2) is 7.19. The zero-order valence-electron chi connectivity index (χ0n) is 13.0. The van der Waals surface area contributed by atoms with Gasteiger partial charge in [0.1, 0.15) is 5.82 Å². The molecule has 20 heavy (non-hydrogen) atoms. The highest BCUT2D eigenvalue weighted by molar-refractivity contribution is 5.23. The van der Waals surface area contributed by atoms with Crippen molar-refractivity contribution in [3.63, 3.8) is 0 Å². The molecule has 0 aliphatic carbocycles. The molecule has 0 saturated carbocycles. The van der Waals surface area contributed by atoms with Crippen LogP contribution in [-0.2, 0) is 6.54 Å². The Morgan fingerprint density at radius 1 is 1.40 bits per heavy atom. The first-order valence-corrected chi connectivity index (χ1v) is 7.75. The molecular weight excluding hydrogens is 251 g/mol. The molecule has 3 heteroatoms. The van der Waals surface area contributed by atoms with Crippen LogP contribution in [0.2, 0.25) is 0 Å². The van der Waals surface area contributed by atoms with Crippen LogP contribution >= 0.6 is 0 Å². The zero-order valence-corrected chi connectivity index (χ0v) is 13.0. The summed E-state index contributed by atoms with van der Waals surface area (Å²) in [4.78, 5) is 2.46. The number of halogens is 1. The van der Waals surface area contributed by atoms with Gasteiger partial charge in [0.05, 0.1) is 0 Å². The Morgan fingerprint density at radius 2 is 2.20 bits per heavy atom. The molecule has 0 radical (unpaired) electrons. The van der Waals surface area contributed by atoms with E-state index in [0.717, 1.165) is 37.3 Å². The number of nitrogens with zero attached hydrogens (tertiary/aromatic N) is 1. The Labute approximate surface area is 122 Å². The van der Waals surface area contributed by atoms with E-state index in [1.54, 1.807) is 6.07 Å². The fourth-order valence-corrected chi connectivity index (χ4v) is 2.94. The third-order valence-corrected chi connectivity index (χ3v) is 3.91. The van der Waals surface area contributed by atoms with Crippen molar-refractivity contribution in [3.05, 3.63) is 35.1 Å². The zero-order chi connectivity index (χ0) is 14.5. The minimum Gasteiger partial charge on any atom is -0.313 e. The predicted molar refractivity (Wildman–Crippen MR) is 82.3 cm³/mol. The van der Waals surface area contributed by atoms with E-state index in [4.69, 9.17) is 0 Å². The molecule has 2 rings (SSSR count). The van der Waals surface area contributed by atoms with Gasteiger partial charge >= 0.3 is 0 Å². The van der Waals surface area contributed by atoms with Gasteiger partial charge in [-0.1, -0.05) is 26.0 Å². The van der Waals surface area contributed by atoms with Crippen LogP contribution < -0.4 is 5.32 Å². The molecule has 0 amide bonds. The molecule has 112 valence electrons. The highest BCUT2D eigenvalue weighted by Crippen LogP contribution is 2.15. The predicted octanol–water partition coefficient (Wildman–Crippen LogP) is 3.34. The fourth-order valence-electron chi connectivity index (χ4n) is 2.94. The fraction of sp³-hybridized carbons (Fsp3) is 0.647. The van der Waals surface area contributed by atoms with Crippen LogP contribution in [0.25, 0.3) is 0 Å². The van der Waals surface area contributed by atoms with Gasteiger partial charge in [0.2, 0.25) is 0 Å². The largest absolute Gasteiger partial charge is 0.313 e. The lowest BCUT2D eigenvalue weighted by molar-refractivity contribution is 0.216. The van der Waals surface area contributed by atoms with Gasteiger partial charge in [0, 0.05) is 25.7 Å². The first-order valence-electron chi connectivity index (χ1n) is 7.75. The van der Waals surface area contributed by atoms with Crippen molar-refractivity contribution in [3.8, 4) is 0 Å². The van der Waals surface area contributed by atoms with Gasteiger partial charge in [-0.2, -0.15) is 0 Å². The molecule has 1 aromatic carbocycles. The van der Waals surface area contributed by atoms with Crippen molar-refractivity contribution in [2.24, 2.45) is 5.92 Å². The van der Waals surface area contributed by atoms with Crippen molar-refractivity contribution in [1.29, 1.82) is 0 Å².